The van der Waals surface area contributed by atoms with E-state index in [1.807, 2.05) is 6.07 Å². The summed E-state index contributed by atoms with van der Waals surface area (Å²) in [6.45, 7) is 0.682. The molecule has 0 aromatic heterocycles. The van der Waals surface area contributed by atoms with E-state index in [2.05, 4.69) is 5.32 Å². The van der Waals surface area contributed by atoms with E-state index in [4.69, 9.17) is 10.5 Å². The number of nitrogen functional groups attached to an aromatic ring is 1. The zero-order valence-corrected chi connectivity index (χ0v) is 10.3. The second-order valence-electron chi connectivity index (χ2n) is 3.17. The number of ether oxygens (including phenoxy) is 1. The number of methoxy groups -OCH3 is 1. The standard InChI is InChI=1S/C11H16N2O2S/c1-13-11(14)8-3-4-10(9(12)7-8)16-6-5-15-2/h3-4,7H,5-6,12H2,1-2H3,(H,13,14). The highest BCUT2D eigenvalue weighted by Gasteiger charge is 2.06. The van der Waals surface area contributed by atoms with Crippen molar-refractivity contribution in [3.05, 3.63) is 23.8 Å². The lowest BCUT2D eigenvalue weighted by Crippen LogP contribution is -2.17. The number of nitrogens with two attached hydrogens (primary N) is 1. The number of hydrogen-bond donors (Lipinski definition) is 2. The lowest BCUT2D eigenvalue weighted by atomic mass is 10.2. The molecule has 0 saturated carbocycles. The van der Waals surface area contributed by atoms with Crippen molar-refractivity contribution in [1.29, 1.82) is 0 Å². The molecule has 0 aliphatic rings. The number of thioether (sulfide) groups is 1. The van der Waals surface area contributed by atoms with Gasteiger partial charge in [-0.25, -0.2) is 0 Å². The zero-order chi connectivity index (χ0) is 12.0. The van der Waals surface area contributed by atoms with Gasteiger partial charge in [-0.3, -0.25) is 4.79 Å². The van der Waals surface area contributed by atoms with Crippen LogP contribution in [0.15, 0.2) is 23.1 Å². The van der Waals surface area contributed by atoms with Crippen molar-refractivity contribution in [1.82, 2.24) is 5.32 Å². The van der Waals surface area contributed by atoms with Crippen LogP contribution in [0.1, 0.15) is 10.4 Å². The number of nitrogens with one attached hydrogen (secondary N) is 1. The first-order valence-corrected chi connectivity index (χ1v) is 5.91. The van der Waals surface area contributed by atoms with Crippen LogP contribution in [0.25, 0.3) is 0 Å². The molecule has 1 aromatic carbocycles. The first-order chi connectivity index (χ1) is 7.69. The van der Waals surface area contributed by atoms with Crippen LogP contribution in [0.2, 0.25) is 0 Å². The normalized spacial score (nSPS) is 10.1. The number of rotatable bonds is 5. The van der Waals surface area contributed by atoms with Crippen LogP contribution in [-0.2, 0) is 4.74 Å². The molecule has 0 aliphatic carbocycles. The van der Waals surface area contributed by atoms with Crippen LogP contribution in [0, 0.1) is 0 Å². The molecule has 0 radical (unpaired) electrons. The molecule has 4 nitrogen and oxygen atoms in total. The van der Waals surface area contributed by atoms with Gasteiger partial charge in [0, 0.05) is 36.1 Å². The fraction of sp³-hybridized carbons (Fsp3) is 0.364. The minimum Gasteiger partial charge on any atom is -0.398 e. The van der Waals surface area contributed by atoms with E-state index in [0.717, 1.165) is 10.6 Å². The highest BCUT2D eigenvalue weighted by atomic mass is 32.2. The minimum atomic E-state index is -0.125. The molecule has 16 heavy (non-hydrogen) atoms. The first kappa shape index (κ1) is 12.9. The molecule has 0 fully saturated rings. The fourth-order valence-electron chi connectivity index (χ4n) is 1.20. The summed E-state index contributed by atoms with van der Waals surface area (Å²) < 4.78 is 4.96. The summed E-state index contributed by atoms with van der Waals surface area (Å²) in [5, 5.41) is 2.56. The SMILES string of the molecule is CNC(=O)c1ccc(SCCOC)c(N)c1. The molecule has 0 heterocycles. The van der Waals surface area contributed by atoms with Crippen LogP contribution < -0.4 is 11.1 Å². The molecule has 88 valence electrons. The third-order valence-electron chi connectivity index (χ3n) is 2.04. The molecule has 0 unspecified atom stereocenters. The average molecular weight is 240 g/mol. The van der Waals surface area contributed by atoms with Gasteiger partial charge in [0.2, 0.25) is 0 Å². The van der Waals surface area contributed by atoms with E-state index >= 15 is 0 Å². The van der Waals surface area contributed by atoms with Gasteiger partial charge in [0.05, 0.1) is 6.61 Å². The van der Waals surface area contributed by atoms with Gasteiger partial charge in [0.15, 0.2) is 0 Å². The van der Waals surface area contributed by atoms with Crippen molar-refractivity contribution in [2.45, 2.75) is 4.90 Å². The van der Waals surface area contributed by atoms with Crippen molar-refractivity contribution in [2.24, 2.45) is 0 Å². The van der Waals surface area contributed by atoms with Crippen molar-refractivity contribution in [3.8, 4) is 0 Å². The number of carbonyl (C=O) groups is 1. The summed E-state index contributed by atoms with van der Waals surface area (Å²) in [4.78, 5) is 12.3. The smallest absolute Gasteiger partial charge is 0.251 e. The predicted molar refractivity (Wildman–Crippen MR) is 66.8 cm³/mol. The Kier molecular flexibility index (Phi) is 5.14. The Bertz CT molecular complexity index is 369. The maximum atomic E-state index is 11.3. The van der Waals surface area contributed by atoms with Crippen molar-refractivity contribution < 1.29 is 9.53 Å². The summed E-state index contributed by atoms with van der Waals surface area (Å²) in [6.07, 6.45) is 0. The van der Waals surface area contributed by atoms with Crippen molar-refractivity contribution >= 4 is 23.4 Å². The summed E-state index contributed by atoms with van der Waals surface area (Å²) in [6, 6.07) is 5.32. The lowest BCUT2D eigenvalue weighted by molar-refractivity contribution is 0.0963. The Labute approximate surface area is 99.5 Å². The fourth-order valence-corrected chi connectivity index (χ4v) is 2.06. The number of benzene rings is 1. The molecule has 1 rings (SSSR count). The maximum Gasteiger partial charge on any atom is 0.251 e. The van der Waals surface area contributed by atoms with E-state index in [0.29, 0.717) is 17.9 Å². The van der Waals surface area contributed by atoms with E-state index in [-0.39, 0.29) is 5.91 Å². The van der Waals surface area contributed by atoms with Crippen LogP contribution >= 0.6 is 11.8 Å². The molecular weight excluding hydrogens is 224 g/mol. The first-order valence-electron chi connectivity index (χ1n) is 4.92. The third kappa shape index (κ3) is 3.43. The topological polar surface area (TPSA) is 64.3 Å². The van der Waals surface area contributed by atoms with Crippen LogP contribution in [0.5, 0.6) is 0 Å². The van der Waals surface area contributed by atoms with Gasteiger partial charge in [-0.2, -0.15) is 0 Å². The highest BCUT2D eigenvalue weighted by molar-refractivity contribution is 7.99. The van der Waals surface area contributed by atoms with Gasteiger partial charge in [0.25, 0.3) is 5.91 Å². The van der Waals surface area contributed by atoms with E-state index in [1.54, 1.807) is 38.1 Å². The van der Waals surface area contributed by atoms with Gasteiger partial charge < -0.3 is 15.8 Å². The van der Waals surface area contributed by atoms with E-state index in [9.17, 15) is 4.79 Å². The minimum absolute atomic E-state index is 0.125. The molecule has 0 aliphatic heterocycles. The lowest BCUT2D eigenvalue weighted by Gasteiger charge is -2.07. The molecule has 0 spiro atoms. The molecule has 5 heteroatoms. The van der Waals surface area contributed by atoms with Crippen LogP contribution in [0.3, 0.4) is 0 Å². The Balaban J connectivity index is 2.71. The summed E-state index contributed by atoms with van der Waals surface area (Å²) in [5.74, 6) is 0.722. The summed E-state index contributed by atoms with van der Waals surface area (Å²) in [7, 11) is 3.26. The number of anilines is 1. The summed E-state index contributed by atoms with van der Waals surface area (Å²) >= 11 is 1.62. The Hall–Kier alpha value is -1.20. The van der Waals surface area contributed by atoms with Crippen molar-refractivity contribution in [3.63, 3.8) is 0 Å². The Morgan fingerprint density at radius 1 is 1.56 bits per heavy atom. The molecule has 0 saturated heterocycles. The van der Waals surface area contributed by atoms with Gasteiger partial charge >= 0.3 is 0 Å². The molecular formula is C11H16N2O2S. The number of amides is 1. The maximum absolute atomic E-state index is 11.3. The molecule has 0 bridgehead atoms. The van der Waals surface area contributed by atoms with Gasteiger partial charge in [-0.05, 0) is 18.2 Å². The average Bonchev–Trinajstić information content (AvgIpc) is 2.30. The number of carbonyl (C=O) groups excluding carboxylic acids is 1. The second-order valence-corrected chi connectivity index (χ2v) is 4.31. The Morgan fingerprint density at radius 3 is 2.88 bits per heavy atom. The van der Waals surface area contributed by atoms with Gasteiger partial charge in [-0.15, -0.1) is 11.8 Å². The molecule has 3 N–H and O–H groups in total. The third-order valence-corrected chi connectivity index (χ3v) is 3.10. The van der Waals surface area contributed by atoms with E-state index in [1.165, 1.54) is 0 Å². The van der Waals surface area contributed by atoms with Crippen LogP contribution in [0.4, 0.5) is 5.69 Å². The monoisotopic (exact) mass is 240 g/mol. The highest BCUT2D eigenvalue weighted by Crippen LogP contribution is 2.25. The van der Waals surface area contributed by atoms with Crippen molar-refractivity contribution in [2.75, 3.05) is 32.3 Å². The Morgan fingerprint density at radius 2 is 2.31 bits per heavy atom. The zero-order valence-electron chi connectivity index (χ0n) is 9.45. The second kappa shape index (κ2) is 6.40. The van der Waals surface area contributed by atoms with Gasteiger partial charge in [-0.1, -0.05) is 0 Å². The quantitative estimate of drug-likeness (QED) is 0.463. The number of hydrogen-bond acceptors (Lipinski definition) is 4. The van der Waals surface area contributed by atoms with Gasteiger partial charge in [0.1, 0.15) is 0 Å². The molecule has 1 amide bonds. The molecule has 1 aromatic rings. The molecule has 0 atom stereocenters. The van der Waals surface area contributed by atoms with Crippen LogP contribution in [-0.4, -0.2) is 32.4 Å². The largest absolute Gasteiger partial charge is 0.398 e. The predicted octanol–water partition coefficient (Wildman–Crippen LogP) is 1.37. The summed E-state index contributed by atoms with van der Waals surface area (Å²) in [5.41, 5.74) is 7.06. The van der Waals surface area contributed by atoms with E-state index < -0.39 is 0 Å².